The monoisotopic (exact) mass is 293 g/mol. The first-order valence-corrected chi connectivity index (χ1v) is 7.54. The normalized spacial score (nSPS) is 21.2. The summed E-state index contributed by atoms with van der Waals surface area (Å²) in [6.45, 7) is 3.49. The van der Waals surface area contributed by atoms with Crippen molar-refractivity contribution in [2.45, 2.75) is 25.3 Å². The summed E-state index contributed by atoms with van der Waals surface area (Å²) >= 11 is 0. The molecule has 0 aromatic heterocycles. The first-order chi connectivity index (χ1) is 10.1. The lowest BCUT2D eigenvalue weighted by molar-refractivity contribution is -0.385. The number of hydrogen-bond acceptors (Lipinski definition) is 4. The molecule has 0 amide bonds. The first-order valence-electron chi connectivity index (χ1n) is 7.54. The lowest BCUT2D eigenvalue weighted by atomic mass is 9.97. The van der Waals surface area contributed by atoms with Crippen molar-refractivity contribution in [2.75, 3.05) is 26.2 Å². The van der Waals surface area contributed by atoms with Crippen molar-refractivity contribution in [1.82, 2.24) is 10.2 Å². The van der Waals surface area contributed by atoms with E-state index in [9.17, 15) is 14.5 Å². The van der Waals surface area contributed by atoms with Crippen LogP contribution in [0.15, 0.2) is 18.2 Å². The van der Waals surface area contributed by atoms with Crippen molar-refractivity contribution in [3.8, 4) is 0 Å². The van der Waals surface area contributed by atoms with Crippen LogP contribution in [0.25, 0.3) is 0 Å². The van der Waals surface area contributed by atoms with Crippen molar-refractivity contribution in [1.29, 1.82) is 0 Å². The van der Waals surface area contributed by atoms with Crippen LogP contribution in [0.5, 0.6) is 0 Å². The standard InChI is InChI=1S/C15H20FN3O2/c16-14-4-3-12(19(20)21)10-13(14)15(9-11-1-2-11)18-7-5-17-6-8-18/h3-4,10-11,15,17H,1-2,5-9H2/t15-/m1/s1. The fourth-order valence-corrected chi connectivity index (χ4v) is 3.04. The minimum absolute atomic E-state index is 0.0256. The second-order valence-electron chi connectivity index (χ2n) is 5.94. The van der Waals surface area contributed by atoms with Crippen LogP contribution >= 0.6 is 0 Å². The van der Waals surface area contributed by atoms with Gasteiger partial charge in [-0.3, -0.25) is 15.0 Å². The number of piperazine rings is 1. The number of nitrogens with zero attached hydrogens (tertiary/aromatic N) is 2. The molecule has 0 unspecified atom stereocenters. The molecular weight excluding hydrogens is 273 g/mol. The quantitative estimate of drug-likeness (QED) is 0.669. The Balaban J connectivity index is 1.90. The second-order valence-corrected chi connectivity index (χ2v) is 5.94. The summed E-state index contributed by atoms with van der Waals surface area (Å²) in [6.07, 6.45) is 3.29. The van der Waals surface area contributed by atoms with E-state index in [0.717, 1.165) is 32.6 Å². The molecule has 1 N–H and O–H groups in total. The summed E-state index contributed by atoms with van der Waals surface area (Å²) in [5, 5.41) is 14.2. The van der Waals surface area contributed by atoms with Gasteiger partial charge in [-0.25, -0.2) is 4.39 Å². The topological polar surface area (TPSA) is 58.4 Å². The largest absolute Gasteiger partial charge is 0.314 e. The molecule has 1 saturated carbocycles. The lowest BCUT2D eigenvalue weighted by Gasteiger charge is -2.35. The molecule has 0 spiro atoms. The van der Waals surface area contributed by atoms with Crippen LogP contribution in [0.2, 0.25) is 0 Å². The molecule has 1 aromatic rings. The Kier molecular flexibility index (Phi) is 4.17. The highest BCUT2D eigenvalue weighted by molar-refractivity contribution is 5.37. The van der Waals surface area contributed by atoms with E-state index >= 15 is 0 Å². The maximum absolute atomic E-state index is 14.2. The Bertz CT molecular complexity index is 528. The molecule has 1 atom stereocenters. The smallest absolute Gasteiger partial charge is 0.269 e. The van der Waals surface area contributed by atoms with E-state index in [2.05, 4.69) is 10.2 Å². The van der Waals surface area contributed by atoms with E-state index in [4.69, 9.17) is 0 Å². The molecule has 5 nitrogen and oxygen atoms in total. The number of benzene rings is 1. The molecule has 2 fully saturated rings. The van der Waals surface area contributed by atoms with Gasteiger partial charge in [0.15, 0.2) is 0 Å². The van der Waals surface area contributed by atoms with Gasteiger partial charge in [-0.1, -0.05) is 12.8 Å². The van der Waals surface area contributed by atoms with Crippen molar-refractivity contribution in [3.05, 3.63) is 39.7 Å². The molecule has 2 aliphatic rings. The number of nitrogens with one attached hydrogen (secondary N) is 1. The molecule has 114 valence electrons. The molecule has 0 bridgehead atoms. The van der Waals surface area contributed by atoms with Crippen LogP contribution in [-0.2, 0) is 0 Å². The Morgan fingerprint density at radius 1 is 1.38 bits per heavy atom. The van der Waals surface area contributed by atoms with Gasteiger partial charge in [-0.05, 0) is 18.4 Å². The predicted octanol–water partition coefficient (Wildman–Crippen LogP) is 2.48. The third kappa shape index (κ3) is 3.39. The van der Waals surface area contributed by atoms with E-state index in [1.54, 1.807) is 0 Å². The van der Waals surface area contributed by atoms with Crippen LogP contribution in [0.1, 0.15) is 30.9 Å². The fourth-order valence-electron chi connectivity index (χ4n) is 3.04. The van der Waals surface area contributed by atoms with Crippen LogP contribution in [0.3, 0.4) is 0 Å². The zero-order valence-electron chi connectivity index (χ0n) is 11.9. The van der Waals surface area contributed by atoms with Crippen LogP contribution in [0.4, 0.5) is 10.1 Å². The molecule has 1 aliphatic carbocycles. The molecule has 3 rings (SSSR count). The Hall–Kier alpha value is -1.53. The third-order valence-electron chi connectivity index (χ3n) is 4.40. The summed E-state index contributed by atoms with van der Waals surface area (Å²) in [7, 11) is 0. The van der Waals surface area contributed by atoms with Gasteiger partial charge in [-0.15, -0.1) is 0 Å². The van der Waals surface area contributed by atoms with Gasteiger partial charge in [0, 0.05) is 49.9 Å². The van der Waals surface area contributed by atoms with E-state index < -0.39 is 4.92 Å². The maximum atomic E-state index is 14.2. The van der Waals surface area contributed by atoms with E-state index in [0.29, 0.717) is 11.5 Å². The average Bonchev–Trinajstić information content (AvgIpc) is 3.30. The zero-order chi connectivity index (χ0) is 14.8. The molecule has 1 heterocycles. The highest BCUT2D eigenvalue weighted by Gasteiger charge is 2.32. The number of halogens is 1. The van der Waals surface area contributed by atoms with E-state index in [1.807, 2.05) is 0 Å². The van der Waals surface area contributed by atoms with Crippen molar-refractivity contribution in [2.24, 2.45) is 5.92 Å². The summed E-state index contributed by atoms with van der Waals surface area (Å²) < 4.78 is 14.2. The second kappa shape index (κ2) is 6.07. The average molecular weight is 293 g/mol. The third-order valence-corrected chi connectivity index (χ3v) is 4.40. The number of rotatable bonds is 5. The van der Waals surface area contributed by atoms with E-state index in [-0.39, 0.29) is 17.5 Å². The maximum Gasteiger partial charge on any atom is 0.269 e. The minimum Gasteiger partial charge on any atom is -0.314 e. The Labute approximate surface area is 123 Å². The molecule has 1 aliphatic heterocycles. The molecule has 1 aromatic carbocycles. The van der Waals surface area contributed by atoms with Gasteiger partial charge < -0.3 is 5.32 Å². The van der Waals surface area contributed by atoms with Gasteiger partial charge in [0.25, 0.3) is 5.69 Å². The molecule has 1 saturated heterocycles. The number of non-ortho nitro benzene ring substituents is 1. The van der Waals surface area contributed by atoms with Crippen molar-refractivity contribution in [3.63, 3.8) is 0 Å². The first kappa shape index (κ1) is 14.4. The van der Waals surface area contributed by atoms with Crippen LogP contribution < -0.4 is 5.32 Å². The van der Waals surface area contributed by atoms with Gasteiger partial charge in [0.2, 0.25) is 0 Å². The zero-order valence-corrected chi connectivity index (χ0v) is 11.9. The Morgan fingerprint density at radius 3 is 2.71 bits per heavy atom. The van der Waals surface area contributed by atoms with Crippen molar-refractivity contribution >= 4 is 5.69 Å². The summed E-state index contributed by atoms with van der Waals surface area (Å²) in [5.41, 5.74) is 0.459. The van der Waals surface area contributed by atoms with Gasteiger partial charge in [-0.2, -0.15) is 0 Å². The summed E-state index contributed by atoms with van der Waals surface area (Å²) in [4.78, 5) is 12.8. The SMILES string of the molecule is O=[N+]([O-])c1ccc(F)c([C@@H](CC2CC2)N2CCNCC2)c1. The van der Waals surface area contributed by atoms with Gasteiger partial charge in [0.05, 0.1) is 4.92 Å². The van der Waals surface area contributed by atoms with Gasteiger partial charge in [0.1, 0.15) is 5.82 Å². The molecule has 21 heavy (non-hydrogen) atoms. The molecule has 0 radical (unpaired) electrons. The summed E-state index contributed by atoms with van der Waals surface area (Å²) in [5.74, 6) is 0.313. The van der Waals surface area contributed by atoms with E-state index in [1.165, 1.54) is 31.0 Å². The highest BCUT2D eigenvalue weighted by atomic mass is 19.1. The number of nitro benzene ring substituents is 1. The summed E-state index contributed by atoms with van der Waals surface area (Å²) in [6, 6.07) is 3.85. The fraction of sp³-hybridized carbons (Fsp3) is 0.600. The number of nitro groups is 1. The molecule has 6 heteroatoms. The van der Waals surface area contributed by atoms with Crippen LogP contribution in [-0.4, -0.2) is 36.0 Å². The van der Waals surface area contributed by atoms with Crippen LogP contribution in [0, 0.1) is 21.8 Å². The van der Waals surface area contributed by atoms with Crippen molar-refractivity contribution < 1.29 is 9.31 Å². The van der Waals surface area contributed by atoms with Gasteiger partial charge >= 0.3 is 0 Å². The highest BCUT2D eigenvalue weighted by Crippen LogP contribution is 2.41. The minimum atomic E-state index is -0.450. The predicted molar refractivity (Wildman–Crippen MR) is 77.6 cm³/mol. The molecular formula is C15H20FN3O2. The number of hydrogen-bond donors (Lipinski definition) is 1. The Morgan fingerprint density at radius 2 is 2.10 bits per heavy atom. The lowest BCUT2D eigenvalue weighted by Crippen LogP contribution is -2.45.